The van der Waals surface area contributed by atoms with E-state index >= 15 is 0 Å². The van der Waals surface area contributed by atoms with Gasteiger partial charge in [0.05, 0.1) is 6.61 Å². The number of benzene rings is 1. The molecule has 19 heavy (non-hydrogen) atoms. The number of rotatable bonds is 6. The number of ether oxygens (including phenoxy) is 1. The van der Waals surface area contributed by atoms with Crippen LogP contribution in [-0.2, 0) is 0 Å². The Labute approximate surface area is 116 Å². The highest BCUT2D eigenvalue weighted by Gasteiger charge is 2.14. The average molecular weight is 262 g/mol. The van der Waals surface area contributed by atoms with Crippen LogP contribution in [0.4, 0.5) is 5.69 Å². The van der Waals surface area contributed by atoms with Crippen LogP contribution in [-0.4, -0.2) is 31.1 Å². The largest absolute Gasteiger partial charge is 0.494 e. The molecule has 0 unspecified atom stereocenters. The van der Waals surface area contributed by atoms with Crippen LogP contribution in [0.3, 0.4) is 0 Å². The summed E-state index contributed by atoms with van der Waals surface area (Å²) in [6, 6.07) is 7.65. The molecule has 0 atom stereocenters. The predicted octanol–water partition coefficient (Wildman–Crippen LogP) is 3.16. The van der Waals surface area contributed by atoms with Crippen LogP contribution in [0.15, 0.2) is 24.3 Å². The average Bonchev–Trinajstić information content (AvgIpc) is 2.41. The Morgan fingerprint density at radius 2 is 2.05 bits per heavy atom. The van der Waals surface area contributed by atoms with E-state index in [1.54, 1.807) is 0 Å². The summed E-state index contributed by atoms with van der Waals surface area (Å²) in [5.41, 5.74) is 6.47. The van der Waals surface area contributed by atoms with Gasteiger partial charge in [0.2, 0.25) is 0 Å². The molecule has 0 aliphatic carbocycles. The number of hydrogen-bond donors (Lipinski definition) is 1. The van der Waals surface area contributed by atoms with Crippen molar-refractivity contribution < 1.29 is 4.74 Å². The second-order valence-corrected chi connectivity index (χ2v) is 5.65. The van der Waals surface area contributed by atoms with Gasteiger partial charge in [-0.15, -0.1) is 0 Å². The second-order valence-electron chi connectivity index (χ2n) is 5.65. The summed E-state index contributed by atoms with van der Waals surface area (Å²) < 4.78 is 5.69. The van der Waals surface area contributed by atoms with Gasteiger partial charge in [-0.2, -0.15) is 0 Å². The van der Waals surface area contributed by atoms with Crippen molar-refractivity contribution in [3.8, 4) is 5.75 Å². The van der Waals surface area contributed by atoms with Crippen LogP contribution in [0, 0.1) is 5.92 Å². The molecule has 0 bridgehead atoms. The van der Waals surface area contributed by atoms with Gasteiger partial charge in [0.25, 0.3) is 0 Å². The van der Waals surface area contributed by atoms with E-state index in [9.17, 15) is 0 Å². The molecular formula is C16H26N2O. The highest BCUT2D eigenvalue weighted by atomic mass is 16.5. The molecule has 1 fully saturated rings. The number of nitrogen functional groups attached to an aromatic ring is 1. The first-order valence-electron chi connectivity index (χ1n) is 7.45. The minimum absolute atomic E-state index is 0.764. The fraction of sp³-hybridized carbons (Fsp3) is 0.625. The number of anilines is 1. The third kappa shape index (κ3) is 5.11. The Hall–Kier alpha value is -1.22. The topological polar surface area (TPSA) is 38.5 Å². The van der Waals surface area contributed by atoms with Gasteiger partial charge in [-0.25, -0.2) is 0 Å². The summed E-state index contributed by atoms with van der Waals surface area (Å²) in [4.78, 5) is 2.58. The lowest BCUT2D eigenvalue weighted by molar-refractivity contribution is 0.185. The second kappa shape index (κ2) is 7.39. The van der Waals surface area contributed by atoms with E-state index in [-0.39, 0.29) is 0 Å². The summed E-state index contributed by atoms with van der Waals surface area (Å²) >= 11 is 0. The molecule has 1 aromatic carbocycles. The molecule has 0 spiro atoms. The molecule has 1 aliphatic heterocycles. The molecule has 1 saturated heterocycles. The van der Waals surface area contributed by atoms with E-state index in [1.807, 2.05) is 24.3 Å². The third-order valence-corrected chi connectivity index (χ3v) is 3.87. The summed E-state index contributed by atoms with van der Waals surface area (Å²) in [5.74, 6) is 1.80. The summed E-state index contributed by atoms with van der Waals surface area (Å²) in [6.45, 7) is 6.91. The van der Waals surface area contributed by atoms with E-state index in [0.717, 1.165) is 30.4 Å². The predicted molar refractivity (Wildman–Crippen MR) is 80.4 cm³/mol. The van der Waals surface area contributed by atoms with Crippen molar-refractivity contribution in [1.82, 2.24) is 4.90 Å². The molecule has 0 radical (unpaired) electrons. The van der Waals surface area contributed by atoms with Crippen LogP contribution < -0.4 is 10.5 Å². The standard InChI is InChI=1S/C16H26N2O/c1-14-7-10-18(11-8-14)9-2-3-12-19-16-6-4-5-15(17)13-16/h4-6,13-14H,2-3,7-12,17H2,1H3. The monoisotopic (exact) mass is 262 g/mol. The molecule has 1 aromatic rings. The first-order valence-corrected chi connectivity index (χ1v) is 7.45. The van der Waals surface area contributed by atoms with Crippen LogP contribution in [0.25, 0.3) is 0 Å². The Kier molecular flexibility index (Phi) is 5.52. The van der Waals surface area contributed by atoms with Crippen LogP contribution in [0.2, 0.25) is 0 Å². The lowest BCUT2D eigenvalue weighted by Crippen LogP contribution is -2.33. The van der Waals surface area contributed by atoms with Crippen molar-refractivity contribution in [1.29, 1.82) is 0 Å². The van der Waals surface area contributed by atoms with Gasteiger partial charge in [0, 0.05) is 11.8 Å². The molecule has 2 N–H and O–H groups in total. The third-order valence-electron chi connectivity index (χ3n) is 3.87. The van der Waals surface area contributed by atoms with E-state index in [0.29, 0.717) is 0 Å². The van der Waals surface area contributed by atoms with Crippen LogP contribution in [0.1, 0.15) is 32.6 Å². The van der Waals surface area contributed by atoms with Gasteiger partial charge in [0.1, 0.15) is 5.75 Å². The lowest BCUT2D eigenvalue weighted by atomic mass is 9.99. The fourth-order valence-corrected chi connectivity index (χ4v) is 2.52. The number of nitrogens with zero attached hydrogens (tertiary/aromatic N) is 1. The van der Waals surface area contributed by atoms with Crippen molar-refractivity contribution in [3.05, 3.63) is 24.3 Å². The maximum Gasteiger partial charge on any atom is 0.121 e. The molecule has 2 rings (SSSR count). The maximum absolute atomic E-state index is 5.71. The molecule has 1 heterocycles. The first kappa shape index (κ1) is 14.2. The van der Waals surface area contributed by atoms with Gasteiger partial charge in [-0.05, 0) is 63.4 Å². The van der Waals surface area contributed by atoms with E-state index in [1.165, 1.54) is 38.9 Å². The quantitative estimate of drug-likeness (QED) is 0.632. The number of piperidine rings is 1. The fourth-order valence-electron chi connectivity index (χ4n) is 2.52. The summed E-state index contributed by atoms with van der Waals surface area (Å²) in [5, 5.41) is 0. The van der Waals surface area contributed by atoms with Gasteiger partial charge >= 0.3 is 0 Å². The van der Waals surface area contributed by atoms with Crippen molar-refractivity contribution in [2.75, 3.05) is 32.0 Å². The zero-order valence-corrected chi connectivity index (χ0v) is 12.0. The Balaban J connectivity index is 1.55. The number of nitrogens with two attached hydrogens (primary N) is 1. The van der Waals surface area contributed by atoms with Crippen molar-refractivity contribution in [3.63, 3.8) is 0 Å². The number of unbranched alkanes of at least 4 members (excludes halogenated alkanes) is 1. The number of likely N-dealkylation sites (tertiary alicyclic amines) is 1. The van der Waals surface area contributed by atoms with Gasteiger partial charge in [-0.1, -0.05) is 13.0 Å². The van der Waals surface area contributed by atoms with E-state index in [4.69, 9.17) is 10.5 Å². The zero-order valence-electron chi connectivity index (χ0n) is 12.0. The highest BCUT2D eigenvalue weighted by molar-refractivity contribution is 5.43. The van der Waals surface area contributed by atoms with Gasteiger partial charge < -0.3 is 15.4 Å². The van der Waals surface area contributed by atoms with Crippen molar-refractivity contribution >= 4 is 5.69 Å². The molecule has 0 aromatic heterocycles. The van der Waals surface area contributed by atoms with Crippen LogP contribution in [0.5, 0.6) is 5.75 Å². The Morgan fingerprint density at radius 1 is 1.26 bits per heavy atom. The van der Waals surface area contributed by atoms with E-state index in [2.05, 4.69) is 11.8 Å². The Morgan fingerprint density at radius 3 is 2.79 bits per heavy atom. The smallest absolute Gasteiger partial charge is 0.121 e. The Bertz CT molecular complexity index is 373. The zero-order chi connectivity index (χ0) is 13.5. The summed E-state index contributed by atoms with van der Waals surface area (Å²) in [7, 11) is 0. The van der Waals surface area contributed by atoms with Crippen molar-refractivity contribution in [2.24, 2.45) is 5.92 Å². The summed E-state index contributed by atoms with van der Waals surface area (Å²) in [6.07, 6.45) is 5.05. The van der Waals surface area contributed by atoms with E-state index < -0.39 is 0 Å². The first-order chi connectivity index (χ1) is 9.24. The minimum atomic E-state index is 0.764. The van der Waals surface area contributed by atoms with Crippen molar-refractivity contribution in [2.45, 2.75) is 32.6 Å². The molecule has 3 nitrogen and oxygen atoms in total. The van der Waals surface area contributed by atoms with Crippen LogP contribution >= 0.6 is 0 Å². The highest BCUT2D eigenvalue weighted by Crippen LogP contribution is 2.17. The molecule has 3 heteroatoms. The molecule has 0 amide bonds. The molecule has 1 aliphatic rings. The molecular weight excluding hydrogens is 236 g/mol. The molecule has 106 valence electrons. The van der Waals surface area contributed by atoms with Gasteiger partial charge in [-0.3, -0.25) is 0 Å². The SMILES string of the molecule is CC1CCN(CCCCOc2cccc(N)c2)CC1. The molecule has 0 saturated carbocycles. The minimum Gasteiger partial charge on any atom is -0.494 e. The number of hydrogen-bond acceptors (Lipinski definition) is 3. The van der Waals surface area contributed by atoms with Gasteiger partial charge in [0.15, 0.2) is 0 Å². The maximum atomic E-state index is 5.71. The lowest BCUT2D eigenvalue weighted by Gasteiger charge is -2.30. The normalized spacial score (nSPS) is 17.5.